The molecule has 6 nitrogen and oxygen atoms in total. The minimum absolute atomic E-state index is 0.0231. The van der Waals surface area contributed by atoms with Crippen molar-refractivity contribution in [2.24, 2.45) is 0 Å². The number of amides is 1. The predicted octanol–water partition coefficient (Wildman–Crippen LogP) is 4.29. The van der Waals surface area contributed by atoms with Crippen molar-refractivity contribution in [1.29, 1.82) is 0 Å². The van der Waals surface area contributed by atoms with Crippen LogP contribution in [0.25, 0.3) is 0 Å². The van der Waals surface area contributed by atoms with Crippen LogP contribution in [0.4, 0.5) is 5.69 Å². The Morgan fingerprint density at radius 3 is 2.74 bits per heavy atom. The highest BCUT2D eigenvalue weighted by atomic mass is 32.1. The number of hydrogen-bond acceptors (Lipinski definition) is 5. The number of carbonyl (C=O) groups is 1. The third kappa shape index (κ3) is 4.83. The van der Waals surface area contributed by atoms with Crippen LogP contribution in [0.5, 0.6) is 5.75 Å². The summed E-state index contributed by atoms with van der Waals surface area (Å²) in [7, 11) is 0. The first-order valence-electron chi connectivity index (χ1n) is 8.70. The molecule has 0 radical (unpaired) electrons. The number of hydrogen-bond donors (Lipinski definition) is 1. The number of nitrogens with zero attached hydrogens (tertiary/aromatic N) is 2. The predicted molar refractivity (Wildman–Crippen MR) is 105 cm³/mol. The van der Waals surface area contributed by atoms with Gasteiger partial charge in [0.05, 0.1) is 0 Å². The number of aryl methyl sites for hydroxylation is 2. The van der Waals surface area contributed by atoms with Crippen LogP contribution in [0.15, 0.2) is 52.9 Å². The maximum Gasteiger partial charge on any atom is 0.287 e. The van der Waals surface area contributed by atoms with Crippen molar-refractivity contribution in [2.45, 2.75) is 33.4 Å². The molecule has 140 valence electrons. The molecule has 27 heavy (non-hydrogen) atoms. The van der Waals surface area contributed by atoms with E-state index in [0.29, 0.717) is 5.89 Å². The summed E-state index contributed by atoms with van der Waals surface area (Å²) in [4.78, 5) is 12.5. The van der Waals surface area contributed by atoms with Crippen LogP contribution in [-0.2, 0) is 24.4 Å². The number of para-hydroxylation sites is 2. The molecule has 1 N–H and O–H groups in total. The van der Waals surface area contributed by atoms with E-state index in [2.05, 4.69) is 10.4 Å². The second kappa shape index (κ2) is 8.64. The van der Waals surface area contributed by atoms with Crippen LogP contribution in [0.3, 0.4) is 0 Å². The standard InChI is InChI=1S/C20H21N3O3S/c1-3-15-9-5-6-10-16(15)21-18(24)12-23-20(27)26-19(22-23)13-25-17-11-7-4-8-14(17)2/h4-11H,3,12-13H2,1-2H3,(H,21,24). The second-order valence-electron chi connectivity index (χ2n) is 6.03. The van der Waals surface area contributed by atoms with E-state index in [9.17, 15) is 4.79 Å². The Bertz CT molecular complexity index is 994. The van der Waals surface area contributed by atoms with Gasteiger partial charge in [-0.15, -0.1) is 5.10 Å². The van der Waals surface area contributed by atoms with Crippen LogP contribution in [0.2, 0.25) is 0 Å². The van der Waals surface area contributed by atoms with E-state index < -0.39 is 0 Å². The molecule has 0 aliphatic rings. The van der Waals surface area contributed by atoms with Crippen LogP contribution < -0.4 is 10.1 Å². The van der Waals surface area contributed by atoms with E-state index >= 15 is 0 Å². The summed E-state index contributed by atoms with van der Waals surface area (Å²) in [6.07, 6.45) is 0.834. The topological polar surface area (TPSA) is 69.3 Å². The Morgan fingerprint density at radius 2 is 1.96 bits per heavy atom. The van der Waals surface area contributed by atoms with Gasteiger partial charge in [-0.3, -0.25) is 4.79 Å². The van der Waals surface area contributed by atoms with E-state index in [0.717, 1.165) is 29.0 Å². The number of carbonyl (C=O) groups excluding carboxylic acids is 1. The lowest BCUT2D eigenvalue weighted by molar-refractivity contribution is -0.117. The zero-order valence-corrected chi connectivity index (χ0v) is 16.1. The third-order valence-electron chi connectivity index (χ3n) is 4.06. The minimum Gasteiger partial charge on any atom is -0.484 e. The largest absolute Gasteiger partial charge is 0.484 e. The molecule has 2 aromatic carbocycles. The summed E-state index contributed by atoms with van der Waals surface area (Å²) in [5, 5.41) is 7.13. The summed E-state index contributed by atoms with van der Waals surface area (Å²) in [6.45, 7) is 4.12. The molecular formula is C20H21N3O3S. The molecule has 1 aromatic heterocycles. The average molecular weight is 383 g/mol. The second-order valence-corrected chi connectivity index (χ2v) is 6.38. The van der Waals surface area contributed by atoms with Crippen molar-refractivity contribution in [2.75, 3.05) is 5.32 Å². The lowest BCUT2D eigenvalue weighted by Gasteiger charge is -2.09. The minimum atomic E-state index is -0.216. The van der Waals surface area contributed by atoms with Gasteiger partial charge in [-0.25, -0.2) is 4.68 Å². The highest BCUT2D eigenvalue weighted by Crippen LogP contribution is 2.18. The van der Waals surface area contributed by atoms with Crippen LogP contribution in [0, 0.1) is 11.8 Å². The highest BCUT2D eigenvalue weighted by molar-refractivity contribution is 7.71. The fraction of sp³-hybridized carbons (Fsp3) is 0.250. The lowest BCUT2D eigenvalue weighted by atomic mass is 10.1. The summed E-state index contributed by atoms with van der Waals surface area (Å²) >= 11 is 5.16. The Morgan fingerprint density at radius 1 is 1.22 bits per heavy atom. The molecule has 0 bridgehead atoms. The number of anilines is 1. The molecule has 0 saturated carbocycles. The first-order valence-corrected chi connectivity index (χ1v) is 9.10. The summed E-state index contributed by atoms with van der Waals surface area (Å²) in [5.41, 5.74) is 2.88. The number of rotatable bonds is 7. The van der Waals surface area contributed by atoms with E-state index in [4.69, 9.17) is 21.4 Å². The van der Waals surface area contributed by atoms with Crippen molar-refractivity contribution in [1.82, 2.24) is 9.78 Å². The van der Waals surface area contributed by atoms with Gasteiger partial charge in [0.25, 0.3) is 10.7 Å². The number of benzene rings is 2. The zero-order valence-electron chi connectivity index (χ0n) is 15.3. The van der Waals surface area contributed by atoms with Gasteiger partial charge < -0.3 is 14.5 Å². The fourth-order valence-electron chi connectivity index (χ4n) is 2.64. The van der Waals surface area contributed by atoms with Gasteiger partial charge >= 0.3 is 0 Å². The van der Waals surface area contributed by atoms with Gasteiger partial charge in [0.2, 0.25) is 5.91 Å². The molecule has 1 heterocycles. The van der Waals surface area contributed by atoms with E-state index in [1.807, 2.05) is 62.4 Å². The van der Waals surface area contributed by atoms with Crippen molar-refractivity contribution in [3.05, 3.63) is 70.4 Å². The normalized spacial score (nSPS) is 10.6. The molecule has 7 heteroatoms. The van der Waals surface area contributed by atoms with Crippen molar-refractivity contribution in [3.63, 3.8) is 0 Å². The number of ether oxygens (including phenoxy) is 1. The lowest BCUT2D eigenvalue weighted by Crippen LogP contribution is -2.20. The maximum absolute atomic E-state index is 12.3. The average Bonchev–Trinajstić information content (AvgIpc) is 3.01. The molecule has 0 aliphatic carbocycles. The molecule has 0 atom stereocenters. The van der Waals surface area contributed by atoms with E-state index in [-0.39, 0.29) is 23.9 Å². The summed E-state index contributed by atoms with van der Waals surface area (Å²) in [5.74, 6) is 0.860. The third-order valence-corrected chi connectivity index (χ3v) is 4.35. The zero-order chi connectivity index (χ0) is 19.2. The van der Waals surface area contributed by atoms with E-state index in [1.165, 1.54) is 4.68 Å². The molecular weight excluding hydrogens is 362 g/mol. The Labute approximate surface area is 162 Å². The number of aromatic nitrogens is 2. The first kappa shape index (κ1) is 18.8. The van der Waals surface area contributed by atoms with Gasteiger partial charge in [-0.1, -0.05) is 43.3 Å². The van der Waals surface area contributed by atoms with Crippen molar-refractivity contribution in [3.8, 4) is 5.75 Å². The van der Waals surface area contributed by atoms with Crippen molar-refractivity contribution < 1.29 is 13.9 Å². The molecule has 0 fully saturated rings. The van der Waals surface area contributed by atoms with E-state index in [1.54, 1.807) is 0 Å². The molecule has 3 aromatic rings. The Balaban J connectivity index is 1.63. The summed E-state index contributed by atoms with van der Waals surface area (Å²) in [6, 6.07) is 15.4. The van der Waals surface area contributed by atoms with Crippen LogP contribution in [0.1, 0.15) is 23.9 Å². The highest BCUT2D eigenvalue weighted by Gasteiger charge is 2.12. The molecule has 0 spiro atoms. The molecule has 0 unspecified atom stereocenters. The van der Waals surface area contributed by atoms with Gasteiger partial charge in [0, 0.05) is 5.69 Å². The van der Waals surface area contributed by atoms with Crippen LogP contribution in [-0.4, -0.2) is 15.7 Å². The SMILES string of the molecule is CCc1ccccc1NC(=O)Cn1nc(COc2ccccc2C)oc1=S. The number of nitrogens with one attached hydrogen (secondary N) is 1. The quantitative estimate of drug-likeness (QED) is 0.616. The summed E-state index contributed by atoms with van der Waals surface area (Å²) < 4.78 is 12.5. The fourth-order valence-corrected chi connectivity index (χ4v) is 2.84. The maximum atomic E-state index is 12.3. The smallest absolute Gasteiger partial charge is 0.287 e. The Hall–Kier alpha value is -2.93. The molecule has 0 aliphatic heterocycles. The first-order chi connectivity index (χ1) is 13.1. The van der Waals surface area contributed by atoms with Gasteiger partial charge in [-0.2, -0.15) is 0 Å². The Kier molecular flexibility index (Phi) is 6.03. The van der Waals surface area contributed by atoms with Crippen molar-refractivity contribution >= 4 is 23.8 Å². The van der Waals surface area contributed by atoms with Gasteiger partial charge in [0.1, 0.15) is 12.3 Å². The van der Waals surface area contributed by atoms with Gasteiger partial charge in [-0.05, 0) is 48.8 Å². The van der Waals surface area contributed by atoms with Gasteiger partial charge in [0.15, 0.2) is 6.61 Å². The molecule has 0 saturated heterocycles. The molecule has 3 rings (SSSR count). The monoisotopic (exact) mass is 383 g/mol. The molecule has 1 amide bonds. The van der Waals surface area contributed by atoms with Crippen LogP contribution >= 0.6 is 12.2 Å².